The van der Waals surface area contributed by atoms with Gasteiger partial charge in [0.05, 0.1) is 37.1 Å². The van der Waals surface area contributed by atoms with E-state index in [1.165, 1.54) is 51.4 Å². The molecule has 0 aromatic rings. The van der Waals surface area contributed by atoms with Crippen LogP contribution < -0.4 is 0 Å². The molecule has 6 atom stereocenters. The highest BCUT2D eigenvalue weighted by Gasteiger charge is 2.20. The maximum Gasteiger partial charge on any atom is 0.306 e. The van der Waals surface area contributed by atoms with Crippen LogP contribution in [0.15, 0.2) is 0 Å². The maximum absolute atomic E-state index is 12.8. The summed E-state index contributed by atoms with van der Waals surface area (Å²) in [6.45, 7) is 3.73. The highest BCUT2D eigenvalue weighted by molar-refractivity contribution is 5.71. The summed E-state index contributed by atoms with van der Waals surface area (Å²) < 4.78 is 16.5. The minimum Gasteiger partial charge on any atom is -0.462 e. The van der Waals surface area contributed by atoms with Crippen molar-refractivity contribution in [2.24, 2.45) is 0 Å². The van der Waals surface area contributed by atoms with E-state index in [1.54, 1.807) is 0 Å². The van der Waals surface area contributed by atoms with Gasteiger partial charge >= 0.3 is 17.9 Å². The first-order chi connectivity index (χ1) is 29.5. The molecule has 0 fully saturated rings. The van der Waals surface area contributed by atoms with Crippen LogP contribution in [0.3, 0.4) is 0 Å². The minimum absolute atomic E-state index is 0.183. The van der Waals surface area contributed by atoms with Crippen LogP contribution in [0.4, 0.5) is 0 Å². The first kappa shape index (κ1) is 59.2. The van der Waals surface area contributed by atoms with Crippen LogP contribution in [0.1, 0.15) is 239 Å². The number of ether oxygens (including phenoxy) is 3. The van der Waals surface area contributed by atoms with Gasteiger partial charge in [-0.05, 0) is 51.4 Å². The van der Waals surface area contributed by atoms with E-state index in [9.17, 15) is 39.9 Å². The number of aliphatic hydroxyl groups is 6. The molecule has 0 aliphatic carbocycles. The second-order valence-electron chi connectivity index (χ2n) is 17.6. The molecule has 362 valence electrons. The Morgan fingerprint density at radius 1 is 0.377 bits per heavy atom. The molecular formula is C49H94O12. The summed E-state index contributed by atoms with van der Waals surface area (Å²) in [6, 6.07) is 0. The Morgan fingerprint density at radius 3 is 0.984 bits per heavy atom. The lowest BCUT2D eigenvalue weighted by Gasteiger charge is -2.18. The average molecular weight is 875 g/mol. The third kappa shape index (κ3) is 39.5. The van der Waals surface area contributed by atoms with Gasteiger partial charge in [0.2, 0.25) is 0 Å². The summed E-state index contributed by atoms with van der Waals surface area (Å²) in [6.07, 6.45) is 25.2. The molecule has 0 saturated heterocycles. The largest absolute Gasteiger partial charge is 0.462 e. The van der Waals surface area contributed by atoms with E-state index >= 15 is 0 Å². The van der Waals surface area contributed by atoms with Gasteiger partial charge in [-0.3, -0.25) is 14.4 Å². The molecule has 6 unspecified atom stereocenters. The molecule has 0 spiro atoms. The summed E-state index contributed by atoms with van der Waals surface area (Å²) in [5.74, 6) is -1.27. The number of carbonyl (C=O) groups excluding carboxylic acids is 3. The molecule has 0 radical (unpaired) electrons. The van der Waals surface area contributed by atoms with Gasteiger partial charge in [0, 0.05) is 19.3 Å². The number of hydrogen-bond acceptors (Lipinski definition) is 12. The number of aliphatic hydroxyl groups excluding tert-OH is 6. The highest BCUT2D eigenvalue weighted by Crippen LogP contribution is 2.18. The van der Waals surface area contributed by atoms with E-state index in [1.807, 2.05) is 0 Å². The Hall–Kier alpha value is -1.83. The summed E-state index contributed by atoms with van der Waals surface area (Å²) in [7, 11) is 0. The Labute approximate surface area is 371 Å². The van der Waals surface area contributed by atoms with E-state index in [-0.39, 0.29) is 39.1 Å². The van der Waals surface area contributed by atoms with Gasteiger partial charge in [-0.2, -0.15) is 0 Å². The van der Waals surface area contributed by atoms with Crippen molar-refractivity contribution in [1.29, 1.82) is 0 Å². The topological polar surface area (TPSA) is 200 Å². The molecule has 0 rings (SSSR count). The second-order valence-corrected chi connectivity index (χ2v) is 17.6. The molecule has 0 aliphatic rings. The van der Waals surface area contributed by atoms with Crippen LogP contribution >= 0.6 is 0 Å². The van der Waals surface area contributed by atoms with Crippen LogP contribution in [-0.2, 0) is 28.6 Å². The zero-order valence-corrected chi connectivity index (χ0v) is 39.0. The fourth-order valence-corrected chi connectivity index (χ4v) is 7.49. The molecule has 12 nitrogen and oxygen atoms in total. The number of carbonyl (C=O) groups is 3. The molecule has 0 aromatic heterocycles. The molecule has 12 heteroatoms. The monoisotopic (exact) mass is 875 g/mol. The van der Waals surface area contributed by atoms with E-state index in [0.717, 1.165) is 103 Å². The lowest BCUT2D eigenvalue weighted by atomic mass is 9.99. The molecule has 0 saturated carbocycles. The number of hydrogen-bond donors (Lipinski definition) is 6. The van der Waals surface area contributed by atoms with Gasteiger partial charge in [0.25, 0.3) is 0 Å². The van der Waals surface area contributed by atoms with Crippen molar-refractivity contribution in [2.75, 3.05) is 19.8 Å². The van der Waals surface area contributed by atoms with Gasteiger partial charge in [-0.25, -0.2) is 0 Å². The van der Waals surface area contributed by atoms with E-state index in [4.69, 9.17) is 19.3 Å². The number of esters is 3. The zero-order valence-electron chi connectivity index (χ0n) is 39.0. The Balaban J connectivity index is 4.51. The number of unbranched alkanes of at least 4 members (excludes halogenated alkanes) is 22. The molecular weight excluding hydrogens is 781 g/mol. The lowest BCUT2D eigenvalue weighted by molar-refractivity contribution is -0.167. The van der Waals surface area contributed by atoms with Crippen LogP contribution in [0.5, 0.6) is 0 Å². The van der Waals surface area contributed by atoms with Gasteiger partial charge < -0.3 is 44.8 Å². The first-order valence-electron chi connectivity index (χ1n) is 25.1. The highest BCUT2D eigenvalue weighted by atomic mass is 16.6. The predicted molar refractivity (Wildman–Crippen MR) is 242 cm³/mol. The number of rotatable bonds is 46. The van der Waals surface area contributed by atoms with Gasteiger partial charge in [-0.15, -0.1) is 0 Å². The van der Waals surface area contributed by atoms with Crippen LogP contribution in [-0.4, -0.2) is 105 Å². The molecule has 61 heavy (non-hydrogen) atoms. The third-order valence-corrected chi connectivity index (χ3v) is 11.6. The Kier molecular flexibility index (Phi) is 42.1. The summed E-state index contributed by atoms with van der Waals surface area (Å²) >= 11 is 0. The SMILES string of the molecule is CCCCCCCCC(O)C(O)CCCCCCCC(=O)OCC(COC(=O)CCCCCCCC(O)CO)OC(=O)CCCCCCCC(O)C(O)CCCCCCCC. The molecule has 6 N–H and O–H groups in total. The quantitative estimate of drug-likeness (QED) is 0.0193. The van der Waals surface area contributed by atoms with Crippen molar-refractivity contribution in [2.45, 2.75) is 275 Å². The van der Waals surface area contributed by atoms with Crippen molar-refractivity contribution >= 4 is 17.9 Å². The lowest BCUT2D eigenvalue weighted by Crippen LogP contribution is -2.30. The first-order valence-corrected chi connectivity index (χ1v) is 25.1. The van der Waals surface area contributed by atoms with E-state index in [0.29, 0.717) is 51.4 Å². The van der Waals surface area contributed by atoms with Gasteiger partial charge in [-0.1, -0.05) is 168 Å². The van der Waals surface area contributed by atoms with Crippen LogP contribution in [0.25, 0.3) is 0 Å². The van der Waals surface area contributed by atoms with Crippen molar-refractivity contribution in [3.63, 3.8) is 0 Å². The second kappa shape index (κ2) is 43.4. The van der Waals surface area contributed by atoms with E-state index < -0.39 is 54.5 Å². The van der Waals surface area contributed by atoms with Crippen molar-refractivity contribution in [3.05, 3.63) is 0 Å². The standard InChI is InChI=1S/C49H94O12/c1-3-5-7-9-15-23-31-43(52)45(54)33-25-17-12-20-28-36-48(57)60-40-42(39-59-47(56)35-27-19-11-14-22-30-41(51)38-50)61-49(58)37-29-21-13-18-26-34-46(55)44(53)32-24-16-10-8-6-4-2/h41-46,50-55H,3-40H2,1-2H3. The molecule has 0 amide bonds. The Bertz CT molecular complexity index is 997. The van der Waals surface area contributed by atoms with Crippen molar-refractivity contribution in [3.8, 4) is 0 Å². The molecule has 0 aliphatic heterocycles. The smallest absolute Gasteiger partial charge is 0.306 e. The molecule has 0 heterocycles. The predicted octanol–water partition coefficient (Wildman–Crippen LogP) is 9.47. The van der Waals surface area contributed by atoms with Crippen molar-refractivity contribution in [1.82, 2.24) is 0 Å². The molecule has 0 aromatic carbocycles. The summed E-state index contributed by atoms with van der Waals surface area (Å²) in [5, 5.41) is 59.6. The Morgan fingerprint density at radius 2 is 0.656 bits per heavy atom. The zero-order chi connectivity index (χ0) is 45.2. The maximum atomic E-state index is 12.8. The fraction of sp³-hybridized carbons (Fsp3) is 0.939. The van der Waals surface area contributed by atoms with Crippen LogP contribution in [0, 0.1) is 0 Å². The van der Waals surface area contributed by atoms with Gasteiger partial charge in [0.15, 0.2) is 6.10 Å². The van der Waals surface area contributed by atoms with E-state index in [2.05, 4.69) is 13.8 Å². The fourth-order valence-electron chi connectivity index (χ4n) is 7.49. The van der Waals surface area contributed by atoms with Crippen LogP contribution in [0.2, 0.25) is 0 Å². The normalized spacial score (nSPS) is 14.6. The van der Waals surface area contributed by atoms with Crippen molar-refractivity contribution < 1.29 is 59.2 Å². The van der Waals surface area contributed by atoms with Gasteiger partial charge in [0.1, 0.15) is 13.2 Å². The minimum atomic E-state index is -0.912. The third-order valence-electron chi connectivity index (χ3n) is 11.6. The summed E-state index contributed by atoms with van der Waals surface area (Å²) in [4.78, 5) is 37.8. The molecule has 0 bridgehead atoms. The average Bonchev–Trinajstić information content (AvgIpc) is 3.25. The summed E-state index contributed by atoms with van der Waals surface area (Å²) in [5.41, 5.74) is 0.